The number of benzene rings is 1. The maximum absolute atomic E-state index is 6.21. The van der Waals surface area contributed by atoms with Crippen LogP contribution in [0.5, 0.6) is 0 Å². The molecule has 0 aliphatic rings. The van der Waals surface area contributed by atoms with E-state index in [2.05, 4.69) is 42.8 Å². The second kappa shape index (κ2) is 4.94. The fraction of sp³-hybridized carbons (Fsp3) is 0.500. The normalized spacial score (nSPS) is 15.6. The van der Waals surface area contributed by atoms with E-state index >= 15 is 0 Å². The molecule has 14 heavy (non-hydrogen) atoms. The van der Waals surface area contributed by atoms with Crippen LogP contribution in [0.15, 0.2) is 28.7 Å². The molecule has 0 saturated carbocycles. The Bertz CT molecular complexity index is 296. The van der Waals surface area contributed by atoms with E-state index in [9.17, 15) is 0 Å². The molecule has 0 amide bonds. The van der Waals surface area contributed by atoms with Gasteiger partial charge in [0.1, 0.15) is 0 Å². The molecule has 78 valence electrons. The van der Waals surface area contributed by atoms with Crippen LogP contribution in [-0.4, -0.2) is 0 Å². The van der Waals surface area contributed by atoms with Crippen molar-refractivity contribution in [2.75, 3.05) is 0 Å². The van der Waals surface area contributed by atoms with Crippen LogP contribution in [0, 0.1) is 11.8 Å². The van der Waals surface area contributed by atoms with Crippen molar-refractivity contribution in [1.29, 1.82) is 0 Å². The summed E-state index contributed by atoms with van der Waals surface area (Å²) in [5.74, 6) is 1.10. The molecule has 1 nitrogen and oxygen atoms in total. The molecule has 0 fully saturated rings. The van der Waals surface area contributed by atoms with Gasteiger partial charge in [-0.1, -0.05) is 54.9 Å². The van der Waals surface area contributed by atoms with Crippen LogP contribution >= 0.6 is 15.9 Å². The molecule has 2 heteroatoms. The molecule has 0 aliphatic heterocycles. The number of hydrogen-bond donors (Lipinski definition) is 1. The summed E-state index contributed by atoms with van der Waals surface area (Å²) < 4.78 is 1.11. The van der Waals surface area contributed by atoms with Crippen molar-refractivity contribution in [3.8, 4) is 0 Å². The van der Waals surface area contributed by atoms with Crippen LogP contribution in [-0.2, 0) is 0 Å². The summed E-state index contributed by atoms with van der Waals surface area (Å²) in [6.07, 6.45) is 0. The number of nitrogens with two attached hydrogens (primary N) is 1. The first-order valence-corrected chi connectivity index (χ1v) is 5.83. The third-order valence-electron chi connectivity index (χ3n) is 2.88. The van der Waals surface area contributed by atoms with E-state index in [1.54, 1.807) is 0 Å². The summed E-state index contributed by atoms with van der Waals surface area (Å²) in [5.41, 5.74) is 7.41. The van der Waals surface area contributed by atoms with Gasteiger partial charge in [0.15, 0.2) is 0 Å². The van der Waals surface area contributed by atoms with Crippen LogP contribution in [0.3, 0.4) is 0 Å². The van der Waals surface area contributed by atoms with Gasteiger partial charge >= 0.3 is 0 Å². The summed E-state index contributed by atoms with van der Waals surface area (Å²) in [6, 6.07) is 8.30. The standard InChI is InChI=1S/C12H18BrN/c1-8(2)9(3)12(14)10-6-4-5-7-11(10)13/h4-9,12H,14H2,1-3H3. The largest absolute Gasteiger partial charge is 0.324 e. The van der Waals surface area contributed by atoms with Gasteiger partial charge in [-0.25, -0.2) is 0 Å². The molecule has 0 bridgehead atoms. The van der Waals surface area contributed by atoms with Gasteiger partial charge in [0.05, 0.1) is 0 Å². The molecular weight excluding hydrogens is 238 g/mol. The topological polar surface area (TPSA) is 26.0 Å². The lowest BCUT2D eigenvalue weighted by molar-refractivity contribution is 0.351. The maximum Gasteiger partial charge on any atom is 0.0334 e. The highest BCUT2D eigenvalue weighted by atomic mass is 79.9. The van der Waals surface area contributed by atoms with Crippen molar-refractivity contribution in [2.45, 2.75) is 26.8 Å². The minimum Gasteiger partial charge on any atom is -0.324 e. The first-order valence-electron chi connectivity index (χ1n) is 5.04. The van der Waals surface area contributed by atoms with Gasteiger partial charge in [0.2, 0.25) is 0 Å². The third kappa shape index (κ3) is 2.58. The van der Waals surface area contributed by atoms with E-state index in [0.717, 1.165) is 4.47 Å². The van der Waals surface area contributed by atoms with Crippen LogP contribution < -0.4 is 5.73 Å². The van der Waals surface area contributed by atoms with Crippen LogP contribution in [0.2, 0.25) is 0 Å². The van der Waals surface area contributed by atoms with E-state index in [-0.39, 0.29) is 6.04 Å². The van der Waals surface area contributed by atoms with E-state index in [1.165, 1.54) is 5.56 Å². The first-order chi connectivity index (χ1) is 6.54. The van der Waals surface area contributed by atoms with Crippen molar-refractivity contribution >= 4 is 15.9 Å². The van der Waals surface area contributed by atoms with Gasteiger partial charge < -0.3 is 5.73 Å². The molecule has 0 radical (unpaired) electrons. The zero-order valence-electron chi connectivity index (χ0n) is 9.00. The van der Waals surface area contributed by atoms with E-state index in [1.807, 2.05) is 18.2 Å². The van der Waals surface area contributed by atoms with Gasteiger partial charge in [-0.2, -0.15) is 0 Å². The zero-order valence-corrected chi connectivity index (χ0v) is 10.6. The number of hydrogen-bond acceptors (Lipinski definition) is 1. The molecule has 2 unspecified atom stereocenters. The summed E-state index contributed by atoms with van der Waals surface area (Å²) in [5, 5.41) is 0. The Morgan fingerprint density at radius 3 is 2.21 bits per heavy atom. The average molecular weight is 256 g/mol. The van der Waals surface area contributed by atoms with E-state index in [0.29, 0.717) is 11.8 Å². The minimum absolute atomic E-state index is 0.116. The molecule has 1 aromatic rings. The fourth-order valence-electron chi connectivity index (χ4n) is 1.44. The lowest BCUT2D eigenvalue weighted by atomic mass is 9.87. The molecule has 1 aromatic carbocycles. The van der Waals surface area contributed by atoms with Crippen molar-refractivity contribution in [3.63, 3.8) is 0 Å². The van der Waals surface area contributed by atoms with E-state index < -0.39 is 0 Å². The van der Waals surface area contributed by atoms with Crippen molar-refractivity contribution < 1.29 is 0 Å². The molecule has 2 atom stereocenters. The first kappa shape index (κ1) is 11.7. The smallest absolute Gasteiger partial charge is 0.0334 e. The third-order valence-corrected chi connectivity index (χ3v) is 3.60. The highest BCUT2D eigenvalue weighted by Crippen LogP contribution is 2.30. The molecule has 0 aliphatic carbocycles. The Hall–Kier alpha value is -0.340. The molecule has 0 heterocycles. The van der Waals surface area contributed by atoms with Crippen LogP contribution in [0.25, 0.3) is 0 Å². The summed E-state index contributed by atoms with van der Waals surface area (Å²) in [7, 11) is 0. The highest BCUT2D eigenvalue weighted by molar-refractivity contribution is 9.10. The molecule has 2 N–H and O–H groups in total. The Balaban J connectivity index is 2.89. The quantitative estimate of drug-likeness (QED) is 0.875. The lowest BCUT2D eigenvalue weighted by Gasteiger charge is -2.24. The summed E-state index contributed by atoms with van der Waals surface area (Å²) in [6.45, 7) is 6.62. The molecule has 1 rings (SSSR count). The number of halogens is 1. The number of rotatable bonds is 3. The van der Waals surface area contributed by atoms with Gasteiger partial charge in [0, 0.05) is 10.5 Å². The second-order valence-corrected chi connectivity index (χ2v) is 5.00. The molecule has 0 saturated heterocycles. The average Bonchev–Trinajstić information content (AvgIpc) is 2.16. The fourth-order valence-corrected chi connectivity index (χ4v) is 1.99. The van der Waals surface area contributed by atoms with Crippen molar-refractivity contribution in [2.24, 2.45) is 17.6 Å². The molecular formula is C12H18BrN. The summed E-state index contributed by atoms with van der Waals surface area (Å²) in [4.78, 5) is 0. The van der Waals surface area contributed by atoms with Crippen LogP contribution in [0.4, 0.5) is 0 Å². The lowest BCUT2D eigenvalue weighted by Crippen LogP contribution is -2.23. The van der Waals surface area contributed by atoms with E-state index in [4.69, 9.17) is 5.73 Å². The predicted molar refractivity (Wildman–Crippen MR) is 65.1 cm³/mol. The minimum atomic E-state index is 0.116. The van der Waals surface area contributed by atoms with Gasteiger partial charge in [-0.15, -0.1) is 0 Å². The second-order valence-electron chi connectivity index (χ2n) is 4.15. The van der Waals surface area contributed by atoms with Gasteiger partial charge in [-0.3, -0.25) is 0 Å². The van der Waals surface area contributed by atoms with Crippen molar-refractivity contribution in [3.05, 3.63) is 34.3 Å². The Labute approximate surface area is 94.8 Å². The monoisotopic (exact) mass is 255 g/mol. The maximum atomic E-state index is 6.21. The molecule has 0 aromatic heterocycles. The van der Waals surface area contributed by atoms with Gasteiger partial charge in [-0.05, 0) is 23.5 Å². The summed E-state index contributed by atoms with van der Waals surface area (Å²) >= 11 is 3.53. The Morgan fingerprint density at radius 1 is 1.14 bits per heavy atom. The highest BCUT2D eigenvalue weighted by Gasteiger charge is 2.19. The zero-order chi connectivity index (χ0) is 10.7. The Morgan fingerprint density at radius 2 is 1.71 bits per heavy atom. The SMILES string of the molecule is CC(C)C(C)C(N)c1ccccc1Br. The molecule has 0 spiro atoms. The van der Waals surface area contributed by atoms with Crippen LogP contribution in [0.1, 0.15) is 32.4 Å². The van der Waals surface area contributed by atoms with Crippen molar-refractivity contribution in [1.82, 2.24) is 0 Å². The van der Waals surface area contributed by atoms with Gasteiger partial charge in [0.25, 0.3) is 0 Å². The Kier molecular flexibility index (Phi) is 4.14. The predicted octanol–water partition coefficient (Wildman–Crippen LogP) is 3.74.